The van der Waals surface area contributed by atoms with Gasteiger partial charge in [0.2, 0.25) is 0 Å². The molecule has 0 amide bonds. The van der Waals surface area contributed by atoms with Gasteiger partial charge in [-0.2, -0.15) is 0 Å². The zero-order chi connectivity index (χ0) is 20.8. The minimum Gasteiger partial charge on any atom is -0.478 e. The average molecular weight is 394 g/mol. The van der Waals surface area contributed by atoms with E-state index in [2.05, 4.69) is 6.92 Å². The number of benzene rings is 3. The minimum absolute atomic E-state index is 0.217. The lowest BCUT2D eigenvalue weighted by molar-refractivity contribution is 0.0692. The molecule has 0 spiro atoms. The maximum Gasteiger partial charge on any atom is 0.338 e. The van der Waals surface area contributed by atoms with Crippen LogP contribution in [-0.2, 0) is 6.42 Å². The third kappa shape index (κ3) is 4.89. The second-order valence-electron chi connectivity index (χ2n) is 7.17. The van der Waals surface area contributed by atoms with Crippen LogP contribution in [0.4, 0.5) is 8.78 Å². The number of rotatable bonds is 8. The Kier molecular flexibility index (Phi) is 6.76. The van der Waals surface area contributed by atoms with Crippen LogP contribution in [0.5, 0.6) is 0 Å². The lowest BCUT2D eigenvalue weighted by Gasteiger charge is -2.14. The summed E-state index contributed by atoms with van der Waals surface area (Å²) in [5, 5.41) is 9.33. The van der Waals surface area contributed by atoms with Crippen molar-refractivity contribution in [2.24, 2.45) is 0 Å². The summed E-state index contributed by atoms with van der Waals surface area (Å²) in [5.41, 5.74) is 2.76. The van der Waals surface area contributed by atoms with Crippen LogP contribution in [0.15, 0.2) is 60.7 Å². The fourth-order valence-corrected chi connectivity index (χ4v) is 3.49. The van der Waals surface area contributed by atoms with Crippen molar-refractivity contribution in [3.8, 4) is 22.3 Å². The quantitative estimate of drug-likeness (QED) is 0.413. The Morgan fingerprint density at radius 2 is 1.48 bits per heavy atom. The number of hydrogen-bond donors (Lipinski definition) is 1. The first-order valence-electron chi connectivity index (χ1n) is 9.92. The summed E-state index contributed by atoms with van der Waals surface area (Å²) in [5.74, 6) is -2.48. The Morgan fingerprint density at radius 1 is 0.828 bits per heavy atom. The summed E-state index contributed by atoms with van der Waals surface area (Å²) in [4.78, 5) is 11.4. The molecule has 3 rings (SSSR count). The van der Waals surface area contributed by atoms with E-state index in [1.54, 1.807) is 18.2 Å². The largest absolute Gasteiger partial charge is 0.478 e. The normalized spacial score (nSPS) is 10.9. The molecule has 0 fully saturated rings. The molecule has 1 N–H and O–H groups in total. The number of hydrogen-bond acceptors (Lipinski definition) is 1. The topological polar surface area (TPSA) is 37.3 Å². The second kappa shape index (κ2) is 9.46. The maximum absolute atomic E-state index is 15.2. The molecule has 0 radical (unpaired) electrons. The average Bonchev–Trinajstić information content (AvgIpc) is 2.72. The van der Waals surface area contributed by atoms with Crippen molar-refractivity contribution in [1.82, 2.24) is 0 Å². The van der Waals surface area contributed by atoms with Crippen LogP contribution >= 0.6 is 0 Å². The Morgan fingerprint density at radius 3 is 2.10 bits per heavy atom. The van der Waals surface area contributed by atoms with Crippen LogP contribution in [-0.4, -0.2) is 11.1 Å². The number of halogens is 2. The molecular weight excluding hydrogens is 370 g/mol. The number of unbranched alkanes of at least 4 members (excludes halogenated alkanes) is 3. The van der Waals surface area contributed by atoms with Gasteiger partial charge < -0.3 is 5.11 Å². The van der Waals surface area contributed by atoms with Crippen molar-refractivity contribution in [1.29, 1.82) is 0 Å². The third-order valence-corrected chi connectivity index (χ3v) is 5.09. The highest BCUT2D eigenvalue weighted by Crippen LogP contribution is 2.36. The minimum atomic E-state index is -1.32. The van der Waals surface area contributed by atoms with Gasteiger partial charge in [0, 0.05) is 5.56 Å². The van der Waals surface area contributed by atoms with E-state index in [0.717, 1.165) is 12.8 Å². The molecule has 0 aliphatic rings. The fraction of sp³-hybridized carbons (Fsp3) is 0.240. The molecule has 150 valence electrons. The van der Waals surface area contributed by atoms with E-state index in [1.165, 1.54) is 43.0 Å². The molecule has 0 atom stereocenters. The van der Waals surface area contributed by atoms with Gasteiger partial charge in [-0.1, -0.05) is 68.7 Å². The summed E-state index contributed by atoms with van der Waals surface area (Å²) >= 11 is 0. The van der Waals surface area contributed by atoms with E-state index >= 15 is 4.39 Å². The lowest BCUT2D eigenvalue weighted by atomic mass is 9.91. The monoisotopic (exact) mass is 394 g/mol. The Hall–Kier alpha value is -3.01. The molecule has 0 bridgehead atoms. The van der Waals surface area contributed by atoms with Gasteiger partial charge in [-0.05, 0) is 53.3 Å². The maximum atomic E-state index is 15.2. The first kappa shape index (κ1) is 20.7. The van der Waals surface area contributed by atoms with Gasteiger partial charge in [0.1, 0.15) is 11.6 Å². The Labute approximate surface area is 169 Å². The first-order chi connectivity index (χ1) is 14.0. The van der Waals surface area contributed by atoms with Gasteiger partial charge in [0.25, 0.3) is 0 Å². The van der Waals surface area contributed by atoms with E-state index in [-0.39, 0.29) is 16.9 Å². The summed E-state index contributed by atoms with van der Waals surface area (Å²) < 4.78 is 28.5. The van der Waals surface area contributed by atoms with Crippen molar-refractivity contribution >= 4 is 5.97 Å². The molecule has 29 heavy (non-hydrogen) atoms. The summed E-state index contributed by atoms with van der Waals surface area (Å²) in [7, 11) is 0. The predicted octanol–water partition coefficient (Wildman–Crippen LogP) is 7.12. The van der Waals surface area contributed by atoms with E-state index in [0.29, 0.717) is 16.7 Å². The number of carboxylic acids is 1. The molecule has 0 saturated heterocycles. The predicted molar refractivity (Wildman–Crippen MR) is 112 cm³/mol. The molecule has 0 aliphatic heterocycles. The van der Waals surface area contributed by atoms with E-state index in [4.69, 9.17) is 0 Å². The van der Waals surface area contributed by atoms with Crippen molar-refractivity contribution in [2.45, 2.75) is 39.0 Å². The Bertz CT molecular complexity index is 977. The summed E-state index contributed by atoms with van der Waals surface area (Å²) in [6.07, 6.45) is 5.65. The van der Waals surface area contributed by atoms with Gasteiger partial charge in [-0.25, -0.2) is 13.6 Å². The Balaban J connectivity index is 2.01. The van der Waals surface area contributed by atoms with Crippen molar-refractivity contribution < 1.29 is 18.7 Å². The number of aryl methyl sites for hydroxylation is 1. The molecule has 2 nitrogen and oxygen atoms in total. The molecule has 0 saturated carbocycles. The molecule has 3 aromatic rings. The van der Waals surface area contributed by atoms with Crippen LogP contribution < -0.4 is 0 Å². The zero-order valence-electron chi connectivity index (χ0n) is 16.4. The fourth-order valence-electron chi connectivity index (χ4n) is 3.49. The van der Waals surface area contributed by atoms with Gasteiger partial charge in [0.05, 0.1) is 5.56 Å². The van der Waals surface area contributed by atoms with Gasteiger partial charge >= 0.3 is 5.97 Å². The smallest absolute Gasteiger partial charge is 0.338 e. The summed E-state index contributed by atoms with van der Waals surface area (Å²) in [6.45, 7) is 2.17. The van der Waals surface area contributed by atoms with Crippen molar-refractivity contribution in [3.63, 3.8) is 0 Å². The standard InChI is InChI=1S/C25H24F2O2/c1-2-3-4-5-6-17-7-9-19(10-8-17)23-21(18-11-13-20(26)14-12-18)15-16-22(24(23)27)25(28)29/h7-16H,2-6H2,1H3,(H,28,29). The van der Waals surface area contributed by atoms with Crippen LogP contribution in [0.1, 0.15) is 48.5 Å². The highest BCUT2D eigenvalue weighted by atomic mass is 19.1. The van der Waals surface area contributed by atoms with Crippen molar-refractivity contribution in [3.05, 3.63) is 83.4 Å². The molecule has 0 heterocycles. The van der Waals surface area contributed by atoms with E-state index in [9.17, 15) is 14.3 Å². The van der Waals surface area contributed by atoms with Gasteiger partial charge in [-0.15, -0.1) is 0 Å². The molecule has 4 heteroatoms. The van der Waals surface area contributed by atoms with Crippen LogP contribution in [0.3, 0.4) is 0 Å². The molecular formula is C25H24F2O2. The summed E-state index contributed by atoms with van der Waals surface area (Å²) in [6, 6.07) is 16.1. The van der Waals surface area contributed by atoms with E-state index in [1.807, 2.05) is 24.3 Å². The van der Waals surface area contributed by atoms with Crippen LogP contribution in [0, 0.1) is 11.6 Å². The van der Waals surface area contributed by atoms with Crippen molar-refractivity contribution in [2.75, 3.05) is 0 Å². The lowest BCUT2D eigenvalue weighted by Crippen LogP contribution is -2.03. The number of carbonyl (C=O) groups is 1. The van der Waals surface area contributed by atoms with Crippen LogP contribution in [0.25, 0.3) is 22.3 Å². The molecule has 0 aliphatic carbocycles. The highest BCUT2D eigenvalue weighted by molar-refractivity contribution is 5.94. The first-order valence-corrected chi connectivity index (χ1v) is 9.92. The van der Waals surface area contributed by atoms with Crippen LogP contribution in [0.2, 0.25) is 0 Å². The second-order valence-corrected chi connectivity index (χ2v) is 7.17. The SMILES string of the molecule is CCCCCCc1ccc(-c2c(-c3ccc(F)cc3)ccc(C(=O)O)c2F)cc1. The molecule has 0 unspecified atom stereocenters. The van der Waals surface area contributed by atoms with E-state index < -0.39 is 11.8 Å². The molecule has 0 aromatic heterocycles. The highest BCUT2D eigenvalue weighted by Gasteiger charge is 2.20. The van der Waals surface area contributed by atoms with Gasteiger partial charge in [0.15, 0.2) is 0 Å². The number of carboxylic acid groups (broad SMARTS) is 1. The molecule has 3 aromatic carbocycles. The van der Waals surface area contributed by atoms with Gasteiger partial charge in [-0.3, -0.25) is 0 Å². The number of aromatic carboxylic acids is 1. The third-order valence-electron chi connectivity index (χ3n) is 5.09. The zero-order valence-corrected chi connectivity index (χ0v) is 16.4.